The molecule has 2 aliphatic rings. The molecule has 0 spiro atoms. The fourth-order valence-electron chi connectivity index (χ4n) is 4.08. The van der Waals surface area contributed by atoms with Crippen LogP contribution in [0.15, 0.2) is 41.7 Å². The first-order valence-corrected chi connectivity index (χ1v) is 11.1. The lowest BCUT2D eigenvalue weighted by atomic mass is 9.90. The van der Waals surface area contributed by atoms with Crippen LogP contribution in [0.3, 0.4) is 0 Å². The molecule has 0 aliphatic carbocycles. The van der Waals surface area contributed by atoms with Crippen molar-refractivity contribution in [3.05, 3.63) is 42.2 Å². The van der Waals surface area contributed by atoms with Gasteiger partial charge in [-0.1, -0.05) is 0 Å². The smallest absolute Gasteiger partial charge is 0.321 e. The van der Waals surface area contributed by atoms with Gasteiger partial charge >= 0.3 is 5.97 Å². The molecule has 3 heterocycles. The van der Waals surface area contributed by atoms with Gasteiger partial charge in [-0.05, 0) is 25.1 Å². The predicted octanol–water partition coefficient (Wildman–Crippen LogP) is 1.02. The largest absolute Gasteiger partial charge is 0.497 e. The molecule has 0 bridgehead atoms. The summed E-state index contributed by atoms with van der Waals surface area (Å²) in [6, 6.07) is 6.19. The van der Waals surface area contributed by atoms with Crippen molar-refractivity contribution in [2.24, 2.45) is 10.9 Å². The van der Waals surface area contributed by atoms with Crippen LogP contribution in [0.5, 0.6) is 11.5 Å². The van der Waals surface area contributed by atoms with Crippen LogP contribution in [0.4, 0.5) is 5.95 Å². The number of hydrogen-bond acceptors (Lipinski definition) is 10. The molecule has 1 amide bonds. The number of amides is 1. The van der Waals surface area contributed by atoms with Crippen LogP contribution in [0.1, 0.15) is 18.5 Å². The normalized spacial score (nSPS) is 20.3. The van der Waals surface area contributed by atoms with Crippen LogP contribution in [0.2, 0.25) is 0 Å². The molecule has 2 aliphatic heterocycles. The molecular formula is C23H28N6O5. The summed E-state index contributed by atoms with van der Waals surface area (Å²) >= 11 is 0. The second-order valence-electron chi connectivity index (χ2n) is 7.75. The summed E-state index contributed by atoms with van der Waals surface area (Å²) in [6.45, 7) is 4.40. The van der Waals surface area contributed by atoms with Gasteiger partial charge in [0.25, 0.3) is 0 Å². The zero-order valence-electron chi connectivity index (χ0n) is 19.4. The average molecular weight is 469 g/mol. The number of benzene rings is 1. The number of piperazine rings is 1. The number of carbonyl (C=O) groups is 2. The molecule has 1 N–H and O–H groups in total. The molecule has 1 saturated heterocycles. The maximum absolute atomic E-state index is 13.1. The van der Waals surface area contributed by atoms with Gasteiger partial charge in [0, 0.05) is 50.2 Å². The van der Waals surface area contributed by atoms with E-state index in [4.69, 9.17) is 19.2 Å². The molecule has 34 heavy (non-hydrogen) atoms. The summed E-state index contributed by atoms with van der Waals surface area (Å²) in [5.41, 5.74) is 0.602. The zero-order valence-corrected chi connectivity index (χ0v) is 19.4. The topological polar surface area (TPSA) is 118 Å². The number of nitrogens with one attached hydrogen (secondary N) is 1. The number of anilines is 1. The van der Waals surface area contributed by atoms with Gasteiger partial charge < -0.3 is 24.0 Å². The van der Waals surface area contributed by atoms with Gasteiger partial charge in [0.2, 0.25) is 17.8 Å². The molecule has 0 radical (unpaired) electrons. The van der Waals surface area contributed by atoms with Gasteiger partial charge in [0.1, 0.15) is 17.5 Å². The lowest BCUT2D eigenvalue weighted by Crippen LogP contribution is -2.57. The van der Waals surface area contributed by atoms with Crippen molar-refractivity contribution < 1.29 is 23.8 Å². The molecule has 2 aromatic rings. The van der Waals surface area contributed by atoms with Crippen molar-refractivity contribution in [3.63, 3.8) is 0 Å². The van der Waals surface area contributed by atoms with Crippen LogP contribution in [0.25, 0.3) is 0 Å². The quantitative estimate of drug-likeness (QED) is 0.490. The highest BCUT2D eigenvalue weighted by Gasteiger charge is 2.43. The van der Waals surface area contributed by atoms with E-state index >= 15 is 0 Å². The van der Waals surface area contributed by atoms with Crippen molar-refractivity contribution in [2.45, 2.75) is 13.0 Å². The standard InChI is InChI=1S/C23H28N6O5/c1-4-34-21(31)18-19(16-7-6-15(32-2)14-17(16)33-3)26-23(27-20(18)30)29-12-10-28(11-13-29)22-24-8-5-9-25-22/h5-9,14,18-19H,4,10-13H2,1-3H3,(H,26,27,30)/t18-,19+/m0/s1. The predicted molar refractivity (Wildman–Crippen MR) is 124 cm³/mol. The van der Waals surface area contributed by atoms with E-state index in [2.05, 4.69) is 20.2 Å². The number of esters is 1. The molecule has 4 rings (SSSR count). The maximum Gasteiger partial charge on any atom is 0.321 e. The molecule has 0 saturated carbocycles. The molecule has 2 atom stereocenters. The maximum atomic E-state index is 13.1. The van der Waals surface area contributed by atoms with Crippen molar-refractivity contribution in [1.29, 1.82) is 0 Å². The fraction of sp³-hybridized carbons (Fsp3) is 0.435. The Hall–Kier alpha value is -3.89. The number of hydrogen-bond donors (Lipinski definition) is 1. The van der Waals surface area contributed by atoms with Crippen LogP contribution < -0.4 is 19.7 Å². The number of rotatable bonds is 6. The number of ether oxygens (including phenoxy) is 3. The third kappa shape index (κ3) is 4.73. The summed E-state index contributed by atoms with van der Waals surface area (Å²) in [4.78, 5) is 43.4. The van der Waals surface area contributed by atoms with Crippen molar-refractivity contribution in [2.75, 3.05) is 51.9 Å². The summed E-state index contributed by atoms with van der Waals surface area (Å²) in [6.07, 6.45) is 3.42. The minimum absolute atomic E-state index is 0.162. The Kier molecular flexibility index (Phi) is 7.09. The Labute approximate surface area is 197 Å². The van der Waals surface area contributed by atoms with E-state index < -0.39 is 23.8 Å². The SMILES string of the molecule is CCOC(=O)[C@@H]1C(=O)NC(N2CCN(c3ncccn3)CC2)=N[C@@H]1c1ccc(OC)cc1OC. The molecule has 11 nitrogen and oxygen atoms in total. The zero-order chi connectivity index (χ0) is 24.1. The van der Waals surface area contributed by atoms with Gasteiger partial charge in [-0.2, -0.15) is 0 Å². The van der Waals surface area contributed by atoms with E-state index in [0.717, 1.165) is 0 Å². The molecule has 180 valence electrons. The van der Waals surface area contributed by atoms with Crippen molar-refractivity contribution >= 4 is 23.8 Å². The lowest BCUT2D eigenvalue weighted by Gasteiger charge is -2.39. The van der Waals surface area contributed by atoms with E-state index in [9.17, 15) is 9.59 Å². The van der Waals surface area contributed by atoms with Crippen molar-refractivity contribution in [1.82, 2.24) is 20.2 Å². The van der Waals surface area contributed by atoms with E-state index in [1.807, 2.05) is 4.90 Å². The van der Waals surface area contributed by atoms with Gasteiger partial charge in [-0.15, -0.1) is 0 Å². The minimum Gasteiger partial charge on any atom is -0.497 e. The highest BCUT2D eigenvalue weighted by atomic mass is 16.5. The van der Waals surface area contributed by atoms with Crippen LogP contribution >= 0.6 is 0 Å². The minimum atomic E-state index is -1.13. The van der Waals surface area contributed by atoms with Gasteiger partial charge in [-0.3, -0.25) is 14.9 Å². The van der Waals surface area contributed by atoms with E-state index in [1.165, 1.54) is 7.11 Å². The van der Waals surface area contributed by atoms with Crippen LogP contribution in [-0.2, 0) is 14.3 Å². The number of aliphatic imine (C=N–C) groups is 1. The summed E-state index contributed by atoms with van der Waals surface area (Å²) in [7, 11) is 3.08. The van der Waals surface area contributed by atoms with Gasteiger partial charge in [-0.25, -0.2) is 15.0 Å². The Morgan fingerprint density at radius 3 is 2.44 bits per heavy atom. The van der Waals surface area contributed by atoms with Crippen LogP contribution in [-0.4, -0.2) is 79.7 Å². The second kappa shape index (κ2) is 10.4. The molecule has 1 fully saturated rings. The Morgan fingerprint density at radius 1 is 1.09 bits per heavy atom. The van der Waals surface area contributed by atoms with Gasteiger partial charge in [0.05, 0.1) is 20.8 Å². The third-order valence-electron chi connectivity index (χ3n) is 5.81. The summed E-state index contributed by atoms with van der Waals surface area (Å²) in [5.74, 6) is -0.0663. The molecule has 0 unspecified atom stereocenters. The van der Waals surface area contributed by atoms with Crippen LogP contribution in [0, 0.1) is 5.92 Å². The highest BCUT2D eigenvalue weighted by molar-refractivity contribution is 6.08. The van der Waals surface area contributed by atoms with E-state index in [0.29, 0.717) is 55.1 Å². The molecule has 1 aromatic carbocycles. The average Bonchev–Trinajstić information content (AvgIpc) is 2.88. The highest BCUT2D eigenvalue weighted by Crippen LogP contribution is 2.38. The number of aromatic nitrogens is 2. The Morgan fingerprint density at radius 2 is 1.79 bits per heavy atom. The Bertz CT molecular complexity index is 1060. The second-order valence-corrected chi connectivity index (χ2v) is 7.75. The number of guanidine groups is 1. The lowest BCUT2D eigenvalue weighted by molar-refractivity contribution is -0.153. The van der Waals surface area contributed by atoms with E-state index in [1.54, 1.807) is 50.7 Å². The summed E-state index contributed by atoms with van der Waals surface area (Å²) in [5, 5.41) is 2.81. The first-order chi connectivity index (χ1) is 16.5. The number of methoxy groups -OCH3 is 2. The first kappa shape index (κ1) is 23.3. The van der Waals surface area contributed by atoms with Gasteiger partial charge in [0.15, 0.2) is 5.92 Å². The molecular weight excluding hydrogens is 440 g/mol. The first-order valence-electron chi connectivity index (χ1n) is 11.1. The van der Waals surface area contributed by atoms with E-state index in [-0.39, 0.29) is 6.61 Å². The summed E-state index contributed by atoms with van der Waals surface area (Å²) < 4.78 is 16.0. The molecule has 11 heteroatoms. The number of nitrogens with zero attached hydrogens (tertiary/aromatic N) is 5. The Balaban J connectivity index is 1.63. The van der Waals surface area contributed by atoms with Crippen molar-refractivity contribution in [3.8, 4) is 11.5 Å². The fourth-order valence-corrected chi connectivity index (χ4v) is 4.08. The number of carbonyl (C=O) groups excluding carboxylic acids is 2. The monoisotopic (exact) mass is 468 g/mol. The molecule has 1 aromatic heterocycles. The third-order valence-corrected chi connectivity index (χ3v) is 5.81.